The van der Waals surface area contributed by atoms with Gasteiger partial charge in [-0.15, -0.1) is 12.4 Å². The molecule has 1 N–H and O–H groups in total. The molecule has 1 amide bonds. The van der Waals surface area contributed by atoms with Crippen LogP contribution < -0.4 is 14.8 Å². The van der Waals surface area contributed by atoms with Gasteiger partial charge in [0.15, 0.2) is 11.5 Å². The van der Waals surface area contributed by atoms with Gasteiger partial charge < -0.3 is 19.4 Å². The lowest BCUT2D eigenvalue weighted by Gasteiger charge is -2.26. The number of carbonyl (C=O) groups is 1. The number of ether oxygens (including phenoxy) is 2. The van der Waals surface area contributed by atoms with Crippen molar-refractivity contribution in [2.75, 3.05) is 13.7 Å². The smallest absolute Gasteiger partial charge is 0.220 e. The zero-order valence-electron chi connectivity index (χ0n) is 17.3. The maximum atomic E-state index is 12.3. The van der Waals surface area contributed by atoms with Crippen LogP contribution in [0.1, 0.15) is 44.6 Å². The third-order valence-corrected chi connectivity index (χ3v) is 5.42. The van der Waals surface area contributed by atoms with Crippen LogP contribution in [0.2, 0.25) is 0 Å². The minimum atomic E-state index is 0. The number of aryl methyl sites for hydroxylation is 1. The Labute approximate surface area is 179 Å². The van der Waals surface area contributed by atoms with Crippen molar-refractivity contribution in [3.63, 3.8) is 0 Å². The van der Waals surface area contributed by atoms with Crippen LogP contribution in [0.25, 0.3) is 0 Å². The molecule has 7 heteroatoms. The van der Waals surface area contributed by atoms with E-state index >= 15 is 0 Å². The highest BCUT2D eigenvalue weighted by Crippen LogP contribution is 2.29. The highest BCUT2D eigenvalue weighted by Gasteiger charge is 2.19. The summed E-state index contributed by atoms with van der Waals surface area (Å²) in [5.74, 6) is 2.34. The summed E-state index contributed by atoms with van der Waals surface area (Å²) in [6.45, 7) is 3.55. The molecule has 0 atom stereocenters. The van der Waals surface area contributed by atoms with Crippen molar-refractivity contribution in [2.45, 2.75) is 58.0 Å². The fraction of sp³-hybridized carbons (Fsp3) is 0.545. The molecule has 1 aromatic carbocycles. The van der Waals surface area contributed by atoms with Crippen molar-refractivity contribution >= 4 is 18.3 Å². The van der Waals surface area contributed by atoms with E-state index < -0.39 is 0 Å². The average Bonchev–Trinajstić information content (AvgIpc) is 3.22. The molecule has 1 fully saturated rings. The zero-order chi connectivity index (χ0) is 19.8. The van der Waals surface area contributed by atoms with Crippen LogP contribution in [-0.2, 0) is 17.8 Å². The van der Waals surface area contributed by atoms with E-state index in [-0.39, 0.29) is 18.3 Å². The van der Waals surface area contributed by atoms with Crippen molar-refractivity contribution in [3.8, 4) is 11.5 Å². The average molecular weight is 422 g/mol. The molecule has 1 saturated carbocycles. The summed E-state index contributed by atoms with van der Waals surface area (Å²) >= 11 is 0. The van der Waals surface area contributed by atoms with Crippen LogP contribution in [0.5, 0.6) is 11.5 Å². The molecule has 0 saturated heterocycles. The first-order chi connectivity index (χ1) is 13.6. The third kappa shape index (κ3) is 7.28. The second-order valence-corrected chi connectivity index (χ2v) is 7.66. The lowest BCUT2D eigenvalue weighted by Crippen LogP contribution is -2.37. The Morgan fingerprint density at radius 2 is 2.03 bits per heavy atom. The molecule has 160 valence electrons. The molecule has 1 aliphatic carbocycles. The quantitative estimate of drug-likeness (QED) is 0.664. The summed E-state index contributed by atoms with van der Waals surface area (Å²) in [6.07, 6.45) is 11.2. The highest BCUT2D eigenvalue weighted by atomic mass is 35.5. The van der Waals surface area contributed by atoms with Gasteiger partial charge >= 0.3 is 0 Å². The fourth-order valence-corrected chi connectivity index (χ4v) is 3.63. The van der Waals surface area contributed by atoms with E-state index in [2.05, 4.69) is 17.2 Å². The lowest BCUT2D eigenvalue weighted by molar-refractivity contribution is -0.122. The molecule has 0 spiro atoms. The Hall–Kier alpha value is -2.21. The first kappa shape index (κ1) is 23.1. The van der Waals surface area contributed by atoms with E-state index in [9.17, 15) is 4.79 Å². The minimum absolute atomic E-state index is 0. The lowest BCUT2D eigenvalue weighted by atomic mass is 9.87. The van der Waals surface area contributed by atoms with Crippen LogP contribution in [-0.4, -0.2) is 35.2 Å². The molecule has 3 rings (SSSR count). The number of amides is 1. The summed E-state index contributed by atoms with van der Waals surface area (Å²) in [5.41, 5.74) is 1.08. The molecule has 1 aliphatic rings. The second-order valence-electron chi connectivity index (χ2n) is 7.66. The number of hydrogen-bond donors (Lipinski definition) is 1. The number of imidazole rings is 1. The molecule has 0 unspecified atom stereocenters. The molecule has 29 heavy (non-hydrogen) atoms. The number of nitrogens with zero attached hydrogens (tertiary/aromatic N) is 2. The summed E-state index contributed by atoms with van der Waals surface area (Å²) in [4.78, 5) is 16.3. The monoisotopic (exact) mass is 421 g/mol. The second kappa shape index (κ2) is 11.7. The topological polar surface area (TPSA) is 65.4 Å². The van der Waals surface area contributed by atoms with Gasteiger partial charge in [-0.05, 0) is 55.7 Å². The number of carbonyl (C=O) groups excluding carboxylic acids is 1. The molecule has 0 aliphatic heterocycles. The highest BCUT2D eigenvalue weighted by molar-refractivity contribution is 5.85. The first-order valence-electron chi connectivity index (χ1n) is 10.2. The van der Waals surface area contributed by atoms with Crippen molar-refractivity contribution in [2.24, 2.45) is 5.92 Å². The number of halogens is 1. The van der Waals surface area contributed by atoms with E-state index in [1.54, 1.807) is 19.6 Å². The Kier molecular flexibility index (Phi) is 9.32. The maximum Gasteiger partial charge on any atom is 0.220 e. The molecular formula is C22H32ClN3O3. The summed E-state index contributed by atoms with van der Waals surface area (Å²) in [7, 11) is 1.64. The van der Waals surface area contributed by atoms with Crippen molar-refractivity contribution in [3.05, 3.63) is 42.5 Å². The summed E-state index contributed by atoms with van der Waals surface area (Å²) < 4.78 is 13.3. The Balaban J connectivity index is 0.00000300. The van der Waals surface area contributed by atoms with Gasteiger partial charge in [-0.1, -0.05) is 13.0 Å². The first-order valence-corrected chi connectivity index (χ1v) is 10.2. The summed E-state index contributed by atoms with van der Waals surface area (Å²) in [6, 6.07) is 6.24. The number of nitrogens with one attached hydrogen (secondary N) is 1. The number of hydrogen-bond acceptors (Lipinski definition) is 4. The molecular weight excluding hydrogens is 390 g/mol. The molecule has 0 radical (unpaired) electrons. The van der Waals surface area contributed by atoms with Crippen LogP contribution >= 0.6 is 12.4 Å². The van der Waals surface area contributed by atoms with Crippen LogP contribution in [0, 0.1) is 5.92 Å². The van der Waals surface area contributed by atoms with Gasteiger partial charge in [0.1, 0.15) is 6.61 Å². The van der Waals surface area contributed by atoms with Gasteiger partial charge in [0.05, 0.1) is 20.0 Å². The predicted molar refractivity (Wildman–Crippen MR) is 116 cm³/mol. The number of rotatable bonds is 9. The number of aromatic nitrogens is 2. The number of benzene rings is 1. The third-order valence-electron chi connectivity index (χ3n) is 5.42. The van der Waals surface area contributed by atoms with Crippen LogP contribution in [0.3, 0.4) is 0 Å². The van der Waals surface area contributed by atoms with Crippen molar-refractivity contribution < 1.29 is 14.3 Å². The van der Waals surface area contributed by atoms with Crippen molar-refractivity contribution in [1.82, 2.24) is 14.9 Å². The van der Waals surface area contributed by atoms with Gasteiger partial charge in [0, 0.05) is 24.9 Å². The predicted octanol–water partition coefficient (Wildman–Crippen LogP) is 4.02. The van der Waals surface area contributed by atoms with Crippen LogP contribution in [0.15, 0.2) is 36.9 Å². The molecule has 1 aromatic heterocycles. The van der Waals surface area contributed by atoms with E-state index in [4.69, 9.17) is 9.47 Å². The molecule has 2 aromatic rings. The SMILES string of the molecule is COc1cc(CCC(=O)NC2CCC(C)CC2)ccc1OCCn1ccnc1.Cl. The Bertz CT molecular complexity index is 744. The van der Waals surface area contributed by atoms with Gasteiger partial charge in [0.25, 0.3) is 0 Å². The van der Waals surface area contributed by atoms with Crippen molar-refractivity contribution in [1.29, 1.82) is 0 Å². The standard InChI is InChI=1S/C22H31N3O3.ClH/c1-17-3-7-19(8-4-17)24-22(26)10-6-18-5-9-20(21(15-18)27-2)28-14-13-25-12-11-23-16-25;/h5,9,11-12,15-17,19H,3-4,6-8,10,13-14H2,1-2H3,(H,24,26);1H. The zero-order valence-corrected chi connectivity index (χ0v) is 18.1. The summed E-state index contributed by atoms with van der Waals surface area (Å²) in [5, 5.41) is 3.19. The normalized spacial score (nSPS) is 18.6. The Morgan fingerprint density at radius 1 is 1.24 bits per heavy atom. The molecule has 6 nitrogen and oxygen atoms in total. The van der Waals surface area contributed by atoms with Gasteiger partial charge in [-0.3, -0.25) is 4.79 Å². The van der Waals surface area contributed by atoms with E-state index in [1.807, 2.05) is 29.0 Å². The minimum Gasteiger partial charge on any atom is -0.493 e. The van der Waals surface area contributed by atoms with E-state index in [0.717, 1.165) is 30.9 Å². The van der Waals surface area contributed by atoms with Gasteiger partial charge in [-0.25, -0.2) is 4.98 Å². The molecule has 1 heterocycles. The molecule has 0 bridgehead atoms. The van der Waals surface area contributed by atoms with E-state index in [0.29, 0.717) is 37.0 Å². The Morgan fingerprint density at radius 3 is 2.72 bits per heavy atom. The maximum absolute atomic E-state index is 12.3. The largest absolute Gasteiger partial charge is 0.493 e. The number of methoxy groups -OCH3 is 1. The van der Waals surface area contributed by atoms with Gasteiger partial charge in [0.2, 0.25) is 5.91 Å². The fourth-order valence-electron chi connectivity index (χ4n) is 3.63. The van der Waals surface area contributed by atoms with E-state index in [1.165, 1.54) is 12.8 Å². The van der Waals surface area contributed by atoms with Gasteiger partial charge in [-0.2, -0.15) is 0 Å². The van der Waals surface area contributed by atoms with Crippen LogP contribution in [0.4, 0.5) is 0 Å².